The smallest absolute Gasteiger partial charge is 0.354 e. The molecule has 0 spiro atoms. The van der Waals surface area contributed by atoms with E-state index in [9.17, 15) is 9.59 Å². The molecule has 2 aromatic rings. The zero-order chi connectivity index (χ0) is 17.8. The normalized spacial score (nSPS) is 14.4. The van der Waals surface area contributed by atoms with Gasteiger partial charge in [0.2, 0.25) is 5.91 Å². The number of nitrogens with zero attached hydrogens (tertiary/aromatic N) is 3. The van der Waals surface area contributed by atoms with E-state index in [1.54, 1.807) is 23.1 Å². The molecule has 0 atom stereocenters. The molecule has 0 unspecified atom stereocenters. The molecule has 130 valence electrons. The Labute approximate surface area is 150 Å². The predicted molar refractivity (Wildman–Crippen MR) is 95.1 cm³/mol. The van der Waals surface area contributed by atoms with Crippen molar-refractivity contribution in [2.75, 3.05) is 31.1 Å². The van der Waals surface area contributed by atoms with E-state index in [4.69, 9.17) is 16.7 Å². The molecular weight excluding hydrogens is 342 g/mol. The largest absolute Gasteiger partial charge is 0.477 e. The molecule has 2 heterocycles. The number of halogens is 1. The van der Waals surface area contributed by atoms with E-state index in [0.717, 1.165) is 5.56 Å². The van der Waals surface area contributed by atoms with Crippen LogP contribution in [0.4, 0.5) is 5.82 Å². The maximum absolute atomic E-state index is 12.5. The molecule has 0 saturated carbocycles. The first-order chi connectivity index (χ1) is 12.0. The molecule has 1 aromatic carbocycles. The third-order valence-electron chi connectivity index (χ3n) is 4.21. The van der Waals surface area contributed by atoms with Crippen molar-refractivity contribution in [2.24, 2.45) is 0 Å². The monoisotopic (exact) mass is 359 g/mol. The Hall–Kier alpha value is -2.60. The van der Waals surface area contributed by atoms with Crippen molar-refractivity contribution in [3.8, 4) is 0 Å². The molecule has 6 nitrogen and oxygen atoms in total. The molecular formula is C18H18ClN3O3. The van der Waals surface area contributed by atoms with Crippen LogP contribution >= 0.6 is 11.6 Å². The predicted octanol–water partition coefficient (Wildman–Crippen LogP) is 2.32. The Balaban J connectivity index is 1.60. The Bertz CT molecular complexity index is 789. The fourth-order valence-corrected chi connectivity index (χ4v) is 3.02. The van der Waals surface area contributed by atoms with Crippen LogP contribution in [-0.2, 0) is 11.2 Å². The Kier molecular flexibility index (Phi) is 5.19. The van der Waals surface area contributed by atoms with E-state index < -0.39 is 5.97 Å². The summed E-state index contributed by atoms with van der Waals surface area (Å²) in [6.45, 7) is 2.37. The van der Waals surface area contributed by atoms with Crippen LogP contribution in [0, 0.1) is 0 Å². The SMILES string of the molecule is O=C(O)c1cccc(N2CCN(C(=O)Cc3ccccc3Cl)CC2)n1. The Morgan fingerprint density at radius 2 is 1.76 bits per heavy atom. The van der Waals surface area contributed by atoms with Crippen molar-refractivity contribution in [1.82, 2.24) is 9.88 Å². The van der Waals surface area contributed by atoms with Crippen molar-refractivity contribution in [3.63, 3.8) is 0 Å². The number of carbonyl (C=O) groups is 2. The second-order valence-corrected chi connectivity index (χ2v) is 6.23. The lowest BCUT2D eigenvalue weighted by molar-refractivity contribution is -0.130. The van der Waals surface area contributed by atoms with Gasteiger partial charge in [-0.1, -0.05) is 35.9 Å². The molecule has 1 N–H and O–H groups in total. The van der Waals surface area contributed by atoms with Gasteiger partial charge in [0.15, 0.2) is 5.69 Å². The molecule has 7 heteroatoms. The number of hydrogen-bond acceptors (Lipinski definition) is 4. The van der Waals surface area contributed by atoms with Crippen LogP contribution < -0.4 is 4.90 Å². The summed E-state index contributed by atoms with van der Waals surface area (Å²) >= 11 is 6.12. The van der Waals surface area contributed by atoms with E-state index in [2.05, 4.69) is 4.98 Å². The minimum absolute atomic E-state index is 0.0229. The van der Waals surface area contributed by atoms with Crippen LogP contribution in [0.3, 0.4) is 0 Å². The topological polar surface area (TPSA) is 73.7 Å². The van der Waals surface area contributed by atoms with Crippen LogP contribution in [0.5, 0.6) is 0 Å². The van der Waals surface area contributed by atoms with Crippen LogP contribution in [0.1, 0.15) is 16.1 Å². The molecule has 0 radical (unpaired) electrons. The lowest BCUT2D eigenvalue weighted by Gasteiger charge is -2.35. The molecule has 1 amide bonds. The summed E-state index contributed by atoms with van der Waals surface area (Å²) in [4.78, 5) is 31.4. The van der Waals surface area contributed by atoms with Crippen molar-refractivity contribution >= 4 is 29.3 Å². The molecule has 25 heavy (non-hydrogen) atoms. The molecule has 1 aromatic heterocycles. The third-order valence-corrected chi connectivity index (χ3v) is 4.58. The number of benzene rings is 1. The molecule has 1 aliphatic rings. The summed E-state index contributed by atoms with van der Waals surface area (Å²) in [5.74, 6) is -0.381. The zero-order valence-corrected chi connectivity index (χ0v) is 14.3. The average Bonchev–Trinajstić information content (AvgIpc) is 2.64. The number of carboxylic acids is 1. The van der Waals surface area contributed by atoms with Crippen molar-refractivity contribution < 1.29 is 14.7 Å². The number of piperazine rings is 1. The first-order valence-electron chi connectivity index (χ1n) is 8.01. The molecule has 1 fully saturated rings. The van der Waals surface area contributed by atoms with Crippen molar-refractivity contribution in [3.05, 3.63) is 58.7 Å². The maximum atomic E-state index is 12.5. The zero-order valence-electron chi connectivity index (χ0n) is 13.6. The highest BCUT2D eigenvalue weighted by Gasteiger charge is 2.23. The number of aromatic nitrogens is 1. The van der Waals surface area contributed by atoms with Gasteiger partial charge in [-0.3, -0.25) is 4.79 Å². The van der Waals surface area contributed by atoms with E-state index >= 15 is 0 Å². The number of carboxylic acid groups (broad SMARTS) is 1. The average molecular weight is 360 g/mol. The summed E-state index contributed by atoms with van der Waals surface area (Å²) in [7, 11) is 0. The number of pyridine rings is 1. The van der Waals surface area contributed by atoms with Gasteiger partial charge in [-0.15, -0.1) is 0 Å². The minimum Gasteiger partial charge on any atom is -0.477 e. The van der Waals surface area contributed by atoms with E-state index in [1.165, 1.54) is 6.07 Å². The van der Waals surface area contributed by atoms with Gasteiger partial charge < -0.3 is 14.9 Å². The summed E-state index contributed by atoms with van der Waals surface area (Å²) in [6.07, 6.45) is 0.284. The number of carbonyl (C=O) groups excluding carboxylic acids is 1. The van der Waals surface area contributed by atoms with E-state index in [0.29, 0.717) is 37.0 Å². The lowest BCUT2D eigenvalue weighted by Crippen LogP contribution is -2.49. The number of anilines is 1. The Morgan fingerprint density at radius 3 is 2.44 bits per heavy atom. The Morgan fingerprint density at radius 1 is 1.04 bits per heavy atom. The molecule has 1 aliphatic heterocycles. The summed E-state index contributed by atoms with van der Waals surface area (Å²) in [6, 6.07) is 12.3. The number of hydrogen-bond donors (Lipinski definition) is 1. The van der Waals surface area contributed by atoms with E-state index in [1.807, 2.05) is 23.1 Å². The van der Waals surface area contributed by atoms with Crippen LogP contribution in [0.15, 0.2) is 42.5 Å². The second-order valence-electron chi connectivity index (χ2n) is 5.82. The highest BCUT2D eigenvalue weighted by atomic mass is 35.5. The van der Waals surface area contributed by atoms with Gasteiger partial charge in [-0.25, -0.2) is 9.78 Å². The minimum atomic E-state index is -1.05. The number of rotatable bonds is 4. The standard InChI is InChI=1S/C18H18ClN3O3/c19-14-5-2-1-4-13(14)12-17(23)22-10-8-21(9-11-22)16-7-3-6-15(20-16)18(24)25/h1-7H,8-12H2,(H,24,25). The first-order valence-corrected chi connectivity index (χ1v) is 8.39. The van der Waals surface area contributed by atoms with Crippen molar-refractivity contribution in [1.29, 1.82) is 0 Å². The summed E-state index contributed by atoms with van der Waals surface area (Å²) in [5.41, 5.74) is 0.849. The van der Waals surface area contributed by atoms with Gasteiger partial charge in [0.1, 0.15) is 5.82 Å². The van der Waals surface area contributed by atoms with Gasteiger partial charge >= 0.3 is 5.97 Å². The van der Waals surface area contributed by atoms with Gasteiger partial charge in [-0.05, 0) is 23.8 Å². The van der Waals surface area contributed by atoms with Crippen LogP contribution in [0.25, 0.3) is 0 Å². The lowest BCUT2D eigenvalue weighted by atomic mass is 10.1. The fourth-order valence-electron chi connectivity index (χ4n) is 2.82. The summed E-state index contributed by atoms with van der Waals surface area (Å²) < 4.78 is 0. The van der Waals surface area contributed by atoms with Gasteiger partial charge in [0.25, 0.3) is 0 Å². The van der Waals surface area contributed by atoms with E-state index in [-0.39, 0.29) is 18.0 Å². The number of amides is 1. The first kappa shape index (κ1) is 17.2. The van der Waals surface area contributed by atoms with Gasteiger partial charge in [0.05, 0.1) is 6.42 Å². The third kappa shape index (κ3) is 4.09. The molecule has 0 bridgehead atoms. The molecule has 3 rings (SSSR count). The second kappa shape index (κ2) is 7.53. The van der Waals surface area contributed by atoms with Crippen molar-refractivity contribution in [2.45, 2.75) is 6.42 Å². The maximum Gasteiger partial charge on any atom is 0.354 e. The van der Waals surface area contributed by atoms with Gasteiger partial charge in [-0.2, -0.15) is 0 Å². The van der Waals surface area contributed by atoms with Crippen LogP contribution in [0.2, 0.25) is 5.02 Å². The quantitative estimate of drug-likeness (QED) is 0.906. The van der Waals surface area contributed by atoms with Gasteiger partial charge in [0, 0.05) is 31.2 Å². The molecule has 0 aliphatic carbocycles. The number of aromatic carboxylic acids is 1. The summed E-state index contributed by atoms with van der Waals surface area (Å²) in [5, 5.41) is 9.64. The highest BCUT2D eigenvalue weighted by molar-refractivity contribution is 6.31. The highest BCUT2D eigenvalue weighted by Crippen LogP contribution is 2.18. The molecule has 1 saturated heterocycles. The fraction of sp³-hybridized carbons (Fsp3) is 0.278. The van der Waals surface area contributed by atoms with Crippen LogP contribution in [-0.4, -0.2) is 53.0 Å².